The highest BCUT2D eigenvalue weighted by Crippen LogP contribution is 2.33. The first-order chi connectivity index (χ1) is 8.28. The Bertz CT molecular complexity index is 461. The van der Waals surface area contributed by atoms with E-state index in [-0.39, 0.29) is 17.9 Å². The van der Waals surface area contributed by atoms with E-state index >= 15 is 0 Å². The van der Waals surface area contributed by atoms with E-state index < -0.39 is 0 Å². The van der Waals surface area contributed by atoms with Crippen molar-refractivity contribution in [3.8, 4) is 5.75 Å². The van der Waals surface area contributed by atoms with Gasteiger partial charge in [-0.25, -0.2) is 0 Å². The smallest absolute Gasteiger partial charge is 0.232 e. The van der Waals surface area contributed by atoms with E-state index in [4.69, 9.17) is 9.47 Å². The summed E-state index contributed by atoms with van der Waals surface area (Å²) >= 11 is 0. The maximum absolute atomic E-state index is 12.0. The third-order valence-electron chi connectivity index (χ3n) is 3.24. The van der Waals surface area contributed by atoms with Gasteiger partial charge in [0.1, 0.15) is 5.75 Å². The number of hydrogen-bond acceptors (Lipinski definition) is 4. The lowest BCUT2D eigenvalue weighted by Crippen LogP contribution is -2.33. The van der Waals surface area contributed by atoms with Gasteiger partial charge in [0.15, 0.2) is 0 Å². The van der Waals surface area contributed by atoms with Crippen LogP contribution in [-0.2, 0) is 9.53 Å². The summed E-state index contributed by atoms with van der Waals surface area (Å²) in [6.45, 7) is 1.04. The van der Waals surface area contributed by atoms with Crippen LogP contribution in [0.4, 0.5) is 11.4 Å². The Morgan fingerprint density at radius 2 is 2.24 bits per heavy atom. The summed E-state index contributed by atoms with van der Waals surface area (Å²) in [5, 5.41) is 6.25. The van der Waals surface area contributed by atoms with Crippen molar-refractivity contribution in [2.75, 3.05) is 31.0 Å². The van der Waals surface area contributed by atoms with E-state index in [1.807, 2.05) is 18.2 Å². The molecule has 1 aromatic carbocycles. The Kier molecular flexibility index (Phi) is 2.40. The molecule has 0 aliphatic carbocycles. The van der Waals surface area contributed by atoms with Gasteiger partial charge in [0.05, 0.1) is 43.7 Å². The minimum Gasteiger partial charge on any atom is -0.497 e. The molecule has 90 valence electrons. The van der Waals surface area contributed by atoms with E-state index in [9.17, 15) is 4.79 Å². The molecule has 1 aromatic rings. The lowest BCUT2D eigenvalue weighted by atomic mass is 10.0. The minimum atomic E-state index is -0.117. The van der Waals surface area contributed by atoms with Crippen LogP contribution < -0.4 is 15.4 Å². The van der Waals surface area contributed by atoms with Crippen LogP contribution in [-0.4, -0.2) is 32.3 Å². The molecule has 0 aromatic heterocycles. The van der Waals surface area contributed by atoms with Gasteiger partial charge in [0.25, 0.3) is 0 Å². The highest BCUT2D eigenvalue weighted by molar-refractivity contribution is 5.98. The number of methoxy groups -OCH3 is 1. The van der Waals surface area contributed by atoms with E-state index in [0.29, 0.717) is 13.2 Å². The Balaban J connectivity index is 1.98. The molecule has 3 rings (SSSR count). The lowest BCUT2D eigenvalue weighted by Gasteiger charge is -2.14. The van der Waals surface area contributed by atoms with Crippen LogP contribution in [0.15, 0.2) is 18.2 Å². The number of hydrogen-bond donors (Lipinski definition) is 2. The van der Waals surface area contributed by atoms with Crippen LogP contribution in [0.2, 0.25) is 0 Å². The first-order valence-electron chi connectivity index (χ1n) is 5.61. The molecule has 0 bridgehead atoms. The third kappa shape index (κ3) is 1.72. The second-order valence-electron chi connectivity index (χ2n) is 4.30. The molecule has 1 saturated heterocycles. The Hall–Kier alpha value is -1.75. The van der Waals surface area contributed by atoms with Crippen molar-refractivity contribution in [2.24, 2.45) is 5.92 Å². The largest absolute Gasteiger partial charge is 0.497 e. The normalized spacial score (nSPS) is 26.3. The van der Waals surface area contributed by atoms with Crippen molar-refractivity contribution < 1.29 is 14.3 Å². The van der Waals surface area contributed by atoms with Gasteiger partial charge in [-0.2, -0.15) is 0 Å². The summed E-state index contributed by atoms with van der Waals surface area (Å²) in [4.78, 5) is 12.0. The standard InChI is InChI=1S/C12H14N2O3/c1-16-7-2-3-9-10(4-7)13-11-6-17-5-8(11)12(15)14-9/h2-4,8,11,13H,5-6H2,1H3,(H,14,15). The molecule has 0 saturated carbocycles. The SMILES string of the molecule is COc1ccc2c(c1)NC1COCC1C(=O)N2. The van der Waals surface area contributed by atoms with Crippen molar-refractivity contribution >= 4 is 17.3 Å². The molecule has 2 N–H and O–H groups in total. The van der Waals surface area contributed by atoms with Crippen LogP contribution in [0.1, 0.15) is 0 Å². The first kappa shape index (κ1) is 10.4. The molecule has 1 amide bonds. The summed E-state index contributed by atoms with van der Waals surface area (Å²) in [6.07, 6.45) is 0. The fourth-order valence-electron chi connectivity index (χ4n) is 2.26. The molecule has 2 aliphatic rings. The lowest BCUT2D eigenvalue weighted by molar-refractivity contribution is -0.119. The molecule has 0 radical (unpaired) electrons. The quantitative estimate of drug-likeness (QED) is 0.763. The maximum atomic E-state index is 12.0. The molecular formula is C12H14N2O3. The first-order valence-corrected chi connectivity index (χ1v) is 5.61. The van der Waals surface area contributed by atoms with Gasteiger partial charge in [-0.05, 0) is 12.1 Å². The molecule has 5 nitrogen and oxygen atoms in total. The molecule has 2 aliphatic heterocycles. The molecule has 5 heteroatoms. The fourth-order valence-corrected chi connectivity index (χ4v) is 2.26. The molecule has 17 heavy (non-hydrogen) atoms. The number of anilines is 2. The minimum absolute atomic E-state index is 0.0175. The van der Waals surface area contributed by atoms with Gasteiger partial charge in [-0.3, -0.25) is 4.79 Å². The van der Waals surface area contributed by atoms with Gasteiger partial charge in [0, 0.05) is 6.07 Å². The van der Waals surface area contributed by atoms with Crippen LogP contribution in [0.5, 0.6) is 5.75 Å². The summed E-state index contributed by atoms with van der Waals surface area (Å²) in [6, 6.07) is 5.61. The van der Waals surface area contributed by atoms with Crippen molar-refractivity contribution in [3.05, 3.63) is 18.2 Å². The average molecular weight is 234 g/mol. The van der Waals surface area contributed by atoms with E-state index in [1.165, 1.54) is 0 Å². The van der Waals surface area contributed by atoms with Crippen LogP contribution in [0, 0.1) is 5.92 Å². The van der Waals surface area contributed by atoms with Crippen molar-refractivity contribution in [1.82, 2.24) is 0 Å². The Labute approximate surface area is 99.1 Å². The number of nitrogens with one attached hydrogen (secondary N) is 2. The average Bonchev–Trinajstić information content (AvgIpc) is 2.75. The van der Waals surface area contributed by atoms with Gasteiger partial charge >= 0.3 is 0 Å². The number of carbonyl (C=O) groups excluding carboxylic acids is 1. The summed E-state index contributed by atoms with van der Waals surface area (Å²) < 4.78 is 10.5. The molecule has 2 unspecified atom stereocenters. The van der Waals surface area contributed by atoms with Crippen molar-refractivity contribution in [2.45, 2.75) is 6.04 Å². The van der Waals surface area contributed by atoms with Gasteiger partial charge < -0.3 is 20.1 Å². The predicted molar refractivity (Wildman–Crippen MR) is 63.3 cm³/mol. The van der Waals surface area contributed by atoms with Gasteiger partial charge in [0.2, 0.25) is 5.91 Å². The number of rotatable bonds is 1. The van der Waals surface area contributed by atoms with E-state index in [2.05, 4.69) is 10.6 Å². The number of fused-ring (bicyclic) bond motifs is 2. The number of benzene rings is 1. The second kappa shape index (κ2) is 3.92. The molecular weight excluding hydrogens is 220 g/mol. The molecule has 2 heterocycles. The van der Waals surface area contributed by atoms with Gasteiger partial charge in [-0.15, -0.1) is 0 Å². The monoisotopic (exact) mass is 234 g/mol. The summed E-state index contributed by atoms with van der Waals surface area (Å²) in [5.41, 5.74) is 1.68. The fraction of sp³-hybridized carbons (Fsp3) is 0.417. The zero-order chi connectivity index (χ0) is 11.8. The van der Waals surface area contributed by atoms with E-state index in [1.54, 1.807) is 7.11 Å². The Morgan fingerprint density at radius 3 is 3.06 bits per heavy atom. The number of carbonyl (C=O) groups is 1. The topological polar surface area (TPSA) is 59.6 Å². The zero-order valence-electron chi connectivity index (χ0n) is 9.53. The van der Waals surface area contributed by atoms with Crippen molar-refractivity contribution in [3.63, 3.8) is 0 Å². The summed E-state index contributed by atoms with van der Waals surface area (Å²) in [5.74, 6) is 0.667. The number of amides is 1. The van der Waals surface area contributed by atoms with Crippen LogP contribution in [0.3, 0.4) is 0 Å². The Morgan fingerprint density at radius 1 is 1.35 bits per heavy atom. The number of ether oxygens (including phenoxy) is 2. The molecule has 2 atom stereocenters. The zero-order valence-corrected chi connectivity index (χ0v) is 9.53. The highest BCUT2D eigenvalue weighted by atomic mass is 16.5. The van der Waals surface area contributed by atoms with Crippen molar-refractivity contribution in [1.29, 1.82) is 0 Å². The predicted octanol–water partition coefficient (Wildman–Crippen LogP) is 1.07. The molecule has 1 fully saturated rings. The highest BCUT2D eigenvalue weighted by Gasteiger charge is 2.36. The summed E-state index contributed by atoms with van der Waals surface area (Å²) in [7, 11) is 1.62. The second-order valence-corrected chi connectivity index (χ2v) is 4.30. The van der Waals surface area contributed by atoms with E-state index in [0.717, 1.165) is 17.1 Å². The maximum Gasteiger partial charge on any atom is 0.232 e. The van der Waals surface area contributed by atoms with Crippen LogP contribution >= 0.6 is 0 Å². The molecule has 0 spiro atoms. The van der Waals surface area contributed by atoms with Crippen LogP contribution in [0.25, 0.3) is 0 Å². The third-order valence-corrected chi connectivity index (χ3v) is 3.24. The van der Waals surface area contributed by atoms with Gasteiger partial charge in [-0.1, -0.05) is 0 Å².